The van der Waals surface area contributed by atoms with E-state index in [4.69, 9.17) is 5.73 Å². The van der Waals surface area contributed by atoms with Crippen LogP contribution in [0.2, 0.25) is 0 Å². The van der Waals surface area contributed by atoms with Crippen LogP contribution in [0.3, 0.4) is 0 Å². The van der Waals surface area contributed by atoms with E-state index in [1.54, 1.807) is 13.8 Å². The quantitative estimate of drug-likeness (QED) is 0.480. The van der Waals surface area contributed by atoms with Crippen molar-refractivity contribution < 1.29 is 14.7 Å². The number of allylic oxidation sites excluding steroid dienone is 2. The number of ketones is 2. The fraction of sp³-hybridized carbons (Fsp3) is 0.400. The Bertz CT molecular complexity index is 375. The highest BCUT2D eigenvalue weighted by Crippen LogP contribution is 2.25. The Kier molecular flexibility index (Phi) is 2.47. The number of nitrogens with two attached hydrogens (primary N) is 1. The molecule has 3 N–H and O–H groups in total. The number of carbonyl (C=O) groups excluding carboxylic acids is 2. The van der Waals surface area contributed by atoms with Gasteiger partial charge in [0.05, 0.1) is 5.70 Å². The molecule has 0 radical (unpaired) electrons. The average molecular weight is 195 g/mol. The smallest absolute Gasteiger partial charge is 0.232 e. The molecule has 0 fully saturated rings. The van der Waals surface area contributed by atoms with E-state index >= 15 is 0 Å². The maximum absolute atomic E-state index is 11.5. The third-order valence-electron chi connectivity index (χ3n) is 2.27. The summed E-state index contributed by atoms with van der Waals surface area (Å²) in [6.45, 7) is 4.89. The number of hydrogen-bond acceptors (Lipinski definition) is 4. The molecule has 1 aliphatic rings. The normalized spacial score (nSPS) is 18.6. The van der Waals surface area contributed by atoms with Crippen molar-refractivity contribution in [2.45, 2.75) is 20.8 Å². The summed E-state index contributed by atoms with van der Waals surface area (Å²) in [6.07, 6.45) is 0. The SMILES string of the molecule is CC1=C(O)C(N)=C(C(C)C)C(=O)C1=O. The molecule has 0 aromatic heterocycles. The van der Waals surface area contributed by atoms with Gasteiger partial charge in [0.25, 0.3) is 0 Å². The molecule has 0 aliphatic heterocycles. The zero-order chi connectivity index (χ0) is 11.0. The van der Waals surface area contributed by atoms with Crippen LogP contribution in [-0.2, 0) is 9.59 Å². The van der Waals surface area contributed by atoms with Crippen LogP contribution in [0.15, 0.2) is 22.6 Å². The first-order valence-corrected chi connectivity index (χ1v) is 4.36. The Morgan fingerprint density at radius 1 is 1.21 bits per heavy atom. The topological polar surface area (TPSA) is 80.4 Å². The summed E-state index contributed by atoms with van der Waals surface area (Å²) in [6, 6.07) is 0. The van der Waals surface area contributed by atoms with Gasteiger partial charge < -0.3 is 10.8 Å². The molecular weight excluding hydrogens is 182 g/mol. The summed E-state index contributed by atoms with van der Waals surface area (Å²) in [5.74, 6) is -1.70. The average Bonchev–Trinajstić information content (AvgIpc) is 2.11. The summed E-state index contributed by atoms with van der Waals surface area (Å²) in [5, 5.41) is 9.48. The Morgan fingerprint density at radius 3 is 2.14 bits per heavy atom. The molecule has 0 saturated carbocycles. The third kappa shape index (κ3) is 1.32. The van der Waals surface area contributed by atoms with Crippen LogP contribution in [0.25, 0.3) is 0 Å². The number of carbonyl (C=O) groups is 2. The van der Waals surface area contributed by atoms with Crippen LogP contribution in [0.1, 0.15) is 20.8 Å². The fourth-order valence-corrected chi connectivity index (χ4v) is 1.43. The lowest BCUT2D eigenvalue weighted by Gasteiger charge is -2.19. The summed E-state index contributed by atoms with van der Waals surface area (Å²) in [4.78, 5) is 22.8. The van der Waals surface area contributed by atoms with E-state index in [0.29, 0.717) is 0 Å². The predicted molar refractivity (Wildman–Crippen MR) is 51.4 cm³/mol. The highest BCUT2D eigenvalue weighted by molar-refractivity contribution is 6.50. The third-order valence-corrected chi connectivity index (χ3v) is 2.27. The molecule has 1 aliphatic carbocycles. The maximum atomic E-state index is 11.5. The van der Waals surface area contributed by atoms with E-state index in [1.165, 1.54) is 6.92 Å². The van der Waals surface area contributed by atoms with Crippen LogP contribution in [0, 0.1) is 5.92 Å². The van der Waals surface area contributed by atoms with Gasteiger partial charge in [0.2, 0.25) is 11.6 Å². The molecular formula is C10H13NO3. The molecule has 0 heterocycles. The van der Waals surface area contributed by atoms with Crippen LogP contribution in [-0.4, -0.2) is 16.7 Å². The van der Waals surface area contributed by atoms with Crippen molar-refractivity contribution in [2.24, 2.45) is 11.7 Å². The van der Waals surface area contributed by atoms with E-state index in [1.807, 2.05) is 0 Å². The Hall–Kier alpha value is -1.58. The number of aliphatic hydroxyl groups excluding tert-OH is 1. The van der Waals surface area contributed by atoms with Crippen LogP contribution in [0.5, 0.6) is 0 Å². The second kappa shape index (κ2) is 3.29. The van der Waals surface area contributed by atoms with Gasteiger partial charge in [0.1, 0.15) is 5.76 Å². The molecule has 1 rings (SSSR count). The zero-order valence-electron chi connectivity index (χ0n) is 8.42. The van der Waals surface area contributed by atoms with Gasteiger partial charge in [-0.2, -0.15) is 0 Å². The molecule has 0 atom stereocenters. The van der Waals surface area contributed by atoms with Gasteiger partial charge in [-0.25, -0.2) is 0 Å². The zero-order valence-corrected chi connectivity index (χ0v) is 8.42. The van der Waals surface area contributed by atoms with Gasteiger partial charge in [0, 0.05) is 11.1 Å². The maximum Gasteiger partial charge on any atom is 0.232 e. The number of hydrogen-bond donors (Lipinski definition) is 2. The molecule has 0 bridgehead atoms. The van der Waals surface area contributed by atoms with Crippen molar-refractivity contribution in [1.82, 2.24) is 0 Å². The van der Waals surface area contributed by atoms with Crippen molar-refractivity contribution in [2.75, 3.05) is 0 Å². The summed E-state index contributed by atoms with van der Waals surface area (Å²) < 4.78 is 0. The predicted octanol–water partition coefficient (Wildman–Crippen LogP) is 0.839. The van der Waals surface area contributed by atoms with Crippen molar-refractivity contribution >= 4 is 11.6 Å². The largest absolute Gasteiger partial charge is 0.505 e. The standard InChI is InChI=1S/C10H13NO3/c1-4(2)6-7(11)8(12)5(3)9(13)10(6)14/h4,12H,11H2,1-3H3. The Morgan fingerprint density at radius 2 is 1.71 bits per heavy atom. The van der Waals surface area contributed by atoms with E-state index in [-0.39, 0.29) is 28.5 Å². The van der Waals surface area contributed by atoms with E-state index in [9.17, 15) is 14.7 Å². The molecule has 76 valence electrons. The monoisotopic (exact) mass is 195 g/mol. The lowest BCUT2D eigenvalue weighted by Crippen LogP contribution is -2.30. The minimum atomic E-state index is -0.666. The fourth-order valence-electron chi connectivity index (χ4n) is 1.43. The summed E-state index contributed by atoms with van der Waals surface area (Å²) in [5.41, 5.74) is 5.83. The molecule has 0 aromatic carbocycles. The van der Waals surface area contributed by atoms with Gasteiger partial charge in [-0.15, -0.1) is 0 Å². The first kappa shape index (κ1) is 10.5. The van der Waals surface area contributed by atoms with Crippen LogP contribution >= 0.6 is 0 Å². The molecule has 0 unspecified atom stereocenters. The summed E-state index contributed by atoms with van der Waals surface area (Å²) in [7, 11) is 0. The van der Waals surface area contributed by atoms with Crippen molar-refractivity contribution in [3.05, 3.63) is 22.6 Å². The first-order valence-electron chi connectivity index (χ1n) is 4.36. The highest BCUT2D eigenvalue weighted by atomic mass is 16.3. The van der Waals surface area contributed by atoms with Crippen molar-refractivity contribution in [1.29, 1.82) is 0 Å². The highest BCUT2D eigenvalue weighted by Gasteiger charge is 2.32. The molecule has 0 amide bonds. The summed E-state index contributed by atoms with van der Waals surface area (Å²) >= 11 is 0. The van der Waals surface area contributed by atoms with Crippen molar-refractivity contribution in [3.63, 3.8) is 0 Å². The molecule has 4 heteroatoms. The Labute approximate surface area is 82.1 Å². The number of aliphatic hydroxyl groups is 1. The van der Waals surface area contributed by atoms with E-state index < -0.39 is 11.6 Å². The Balaban J connectivity index is 3.40. The molecule has 14 heavy (non-hydrogen) atoms. The minimum Gasteiger partial charge on any atom is -0.505 e. The van der Waals surface area contributed by atoms with Gasteiger partial charge in [-0.3, -0.25) is 9.59 Å². The lowest BCUT2D eigenvalue weighted by molar-refractivity contribution is -0.132. The van der Waals surface area contributed by atoms with Gasteiger partial charge >= 0.3 is 0 Å². The van der Waals surface area contributed by atoms with E-state index in [2.05, 4.69) is 0 Å². The van der Waals surface area contributed by atoms with Gasteiger partial charge in [-0.1, -0.05) is 13.8 Å². The van der Waals surface area contributed by atoms with Crippen LogP contribution in [0.4, 0.5) is 0 Å². The molecule has 0 spiro atoms. The van der Waals surface area contributed by atoms with Gasteiger partial charge in [-0.05, 0) is 12.8 Å². The number of rotatable bonds is 1. The van der Waals surface area contributed by atoms with Gasteiger partial charge in [0.15, 0.2) is 0 Å². The minimum absolute atomic E-state index is 0.0249. The second-order valence-corrected chi connectivity index (χ2v) is 3.61. The second-order valence-electron chi connectivity index (χ2n) is 3.61. The van der Waals surface area contributed by atoms with Crippen molar-refractivity contribution in [3.8, 4) is 0 Å². The molecule has 4 nitrogen and oxygen atoms in total. The lowest BCUT2D eigenvalue weighted by atomic mass is 9.87. The molecule has 0 aromatic rings. The number of Topliss-reactive ketones (excluding diaryl/α,β-unsaturated/α-hetero) is 2. The van der Waals surface area contributed by atoms with E-state index in [0.717, 1.165) is 0 Å². The molecule has 0 saturated heterocycles. The van der Waals surface area contributed by atoms with Crippen LogP contribution < -0.4 is 5.73 Å². The first-order chi connectivity index (χ1) is 6.37.